The highest BCUT2D eigenvalue weighted by Crippen LogP contribution is 2.28. The Kier molecular flexibility index (Phi) is 3.56. The molecule has 2 N–H and O–H groups in total. The van der Waals surface area contributed by atoms with Crippen molar-refractivity contribution < 1.29 is 0 Å². The summed E-state index contributed by atoms with van der Waals surface area (Å²) in [5.74, 6) is 0. The van der Waals surface area contributed by atoms with Crippen LogP contribution in [0.5, 0.6) is 0 Å². The monoisotopic (exact) mass is 313 g/mol. The molecule has 0 aliphatic rings. The normalized spacial score (nSPS) is 12.8. The van der Waals surface area contributed by atoms with Crippen LogP contribution >= 0.6 is 27.5 Å². The van der Waals surface area contributed by atoms with Crippen molar-refractivity contribution in [1.29, 1.82) is 0 Å². The molecule has 1 unspecified atom stereocenters. The summed E-state index contributed by atoms with van der Waals surface area (Å²) in [5, 5.41) is 4.89. The predicted octanol–water partition coefficient (Wildman–Crippen LogP) is 3.19. The average Bonchev–Trinajstić information content (AvgIpc) is 2.62. The number of aryl methyl sites for hydroxylation is 2. The molecule has 2 aromatic rings. The molecule has 0 bridgehead atoms. The van der Waals surface area contributed by atoms with Gasteiger partial charge in [0.1, 0.15) is 0 Å². The van der Waals surface area contributed by atoms with Crippen molar-refractivity contribution in [3.05, 3.63) is 50.7 Å². The van der Waals surface area contributed by atoms with E-state index in [0.29, 0.717) is 0 Å². The third-order valence-corrected chi connectivity index (χ3v) is 3.81. The predicted molar refractivity (Wildman–Crippen MR) is 73.1 cm³/mol. The van der Waals surface area contributed by atoms with Gasteiger partial charge in [-0.25, -0.2) is 0 Å². The van der Waals surface area contributed by atoms with Crippen molar-refractivity contribution >= 4 is 27.5 Å². The van der Waals surface area contributed by atoms with Crippen molar-refractivity contribution in [2.75, 3.05) is 0 Å². The SMILES string of the molecule is Cc1ccc(C(N)c2c(Br)cnn2C)cc1Cl. The van der Waals surface area contributed by atoms with Gasteiger partial charge in [-0.2, -0.15) is 5.10 Å². The van der Waals surface area contributed by atoms with E-state index in [4.69, 9.17) is 17.3 Å². The average molecular weight is 315 g/mol. The van der Waals surface area contributed by atoms with E-state index < -0.39 is 0 Å². The van der Waals surface area contributed by atoms with Gasteiger partial charge >= 0.3 is 0 Å². The first-order valence-corrected chi connectivity index (χ1v) is 6.37. The van der Waals surface area contributed by atoms with Crippen LogP contribution in [0, 0.1) is 6.92 Å². The molecule has 0 aliphatic carbocycles. The minimum atomic E-state index is -0.241. The van der Waals surface area contributed by atoms with Crippen molar-refractivity contribution in [3.63, 3.8) is 0 Å². The summed E-state index contributed by atoms with van der Waals surface area (Å²) < 4.78 is 2.67. The molecule has 0 aliphatic heterocycles. The molecule has 0 amide bonds. The summed E-state index contributed by atoms with van der Waals surface area (Å²) in [6.07, 6.45) is 1.74. The highest BCUT2D eigenvalue weighted by Gasteiger charge is 2.17. The van der Waals surface area contributed by atoms with E-state index in [1.807, 2.05) is 32.2 Å². The van der Waals surface area contributed by atoms with Gasteiger partial charge in [-0.15, -0.1) is 0 Å². The standard InChI is InChI=1S/C12H13BrClN3/c1-7-3-4-8(5-10(7)14)11(15)12-9(13)6-16-17(12)2/h3-6,11H,15H2,1-2H3. The van der Waals surface area contributed by atoms with Crippen LogP contribution in [0.3, 0.4) is 0 Å². The Morgan fingerprint density at radius 3 is 2.71 bits per heavy atom. The summed E-state index contributed by atoms with van der Waals surface area (Å²) in [4.78, 5) is 0. The zero-order valence-corrected chi connectivity index (χ0v) is 12.0. The molecular weight excluding hydrogens is 302 g/mol. The number of nitrogens with zero attached hydrogens (tertiary/aromatic N) is 2. The number of halogens is 2. The zero-order valence-electron chi connectivity index (χ0n) is 9.61. The fourth-order valence-corrected chi connectivity index (χ4v) is 2.51. The number of aromatic nitrogens is 2. The molecule has 3 nitrogen and oxygen atoms in total. The number of benzene rings is 1. The lowest BCUT2D eigenvalue weighted by Crippen LogP contribution is -2.16. The summed E-state index contributed by atoms with van der Waals surface area (Å²) in [5.41, 5.74) is 9.19. The number of hydrogen-bond donors (Lipinski definition) is 1. The maximum atomic E-state index is 6.23. The Morgan fingerprint density at radius 2 is 2.18 bits per heavy atom. The van der Waals surface area contributed by atoms with E-state index >= 15 is 0 Å². The topological polar surface area (TPSA) is 43.8 Å². The van der Waals surface area contributed by atoms with Crippen molar-refractivity contribution in [3.8, 4) is 0 Å². The molecule has 5 heteroatoms. The van der Waals surface area contributed by atoms with E-state index in [1.165, 1.54) is 0 Å². The second-order valence-corrected chi connectivity index (χ2v) is 5.25. The Labute approximate surface area is 114 Å². The van der Waals surface area contributed by atoms with Gasteiger partial charge in [-0.05, 0) is 40.0 Å². The fraction of sp³-hybridized carbons (Fsp3) is 0.250. The second kappa shape index (κ2) is 4.80. The fourth-order valence-electron chi connectivity index (χ4n) is 1.73. The molecule has 0 saturated carbocycles. The number of nitrogens with two attached hydrogens (primary N) is 1. The van der Waals surface area contributed by atoms with Gasteiger partial charge in [-0.1, -0.05) is 23.7 Å². The zero-order chi connectivity index (χ0) is 12.6. The molecule has 0 spiro atoms. The number of hydrogen-bond acceptors (Lipinski definition) is 2. The molecule has 1 aromatic carbocycles. The van der Waals surface area contributed by atoms with Crippen LogP contribution in [0.25, 0.3) is 0 Å². The highest BCUT2D eigenvalue weighted by atomic mass is 79.9. The molecule has 0 fully saturated rings. The molecule has 0 radical (unpaired) electrons. The van der Waals surface area contributed by atoms with Crippen LogP contribution < -0.4 is 5.73 Å². The molecule has 1 atom stereocenters. The first-order chi connectivity index (χ1) is 8.00. The lowest BCUT2D eigenvalue weighted by Gasteiger charge is -2.14. The summed E-state index contributed by atoms with van der Waals surface area (Å²) in [6.45, 7) is 1.97. The van der Waals surface area contributed by atoms with E-state index in [0.717, 1.165) is 26.3 Å². The minimum absolute atomic E-state index is 0.241. The summed E-state index contributed by atoms with van der Waals surface area (Å²) in [7, 11) is 1.87. The van der Waals surface area contributed by atoms with Gasteiger partial charge in [0.05, 0.1) is 22.4 Å². The molecule has 1 aromatic heterocycles. The van der Waals surface area contributed by atoms with Crippen LogP contribution in [-0.4, -0.2) is 9.78 Å². The third-order valence-electron chi connectivity index (χ3n) is 2.79. The first-order valence-electron chi connectivity index (χ1n) is 5.19. The minimum Gasteiger partial charge on any atom is -0.319 e. The maximum absolute atomic E-state index is 6.23. The molecular formula is C12H13BrClN3. The van der Waals surface area contributed by atoms with Crippen molar-refractivity contribution in [2.45, 2.75) is 13.0 Å². The van der Waals surface area contributed by atoms with E-state index in [-0.39, 0.29) is 6.04 Å². The van der Waals surface area contributed by atoms with Gasteiger partial charge < -0.3 is 5.73 Å². The van der Waals surface area contributed by atoms with Crippen LogP contribution in [0.15, 0.2) is 28.9 Å². The van der Waals surface area contributed by atoms with Gasteiger partial charge in [-0.3, -0.25) is 4.68 Å². The van der Waals surface area contributed by atoms with E-state index in [2.05, 4.69) is 21.0 Å². The third kappa shape index (κ3) is 2.39. The smallest absolute Gasteiger partial charge is 0.0735 e. The lowest BCUT2D eigenvalue weighted by molar-refractivity contribution is 0.671. The van der Waals surface area contributed by atoms with E-state index in [1.54, 1.807) is 10.9 Å². The van der Waals surface area contributed by atoms with Gasteiger partial charge in [0.2, 0.25) is 0 Å². The quantitative estimate of drug-likeness (QED) is 0.925. The first kappa shape index (κ1) is 12.6. The van der Waals surface area contributed by atoms with Crippen molar-refractivity contribution in [1.82, 2.24) is 9.78 Å². The molecule has 17 heavy (non-hydrogen) atoms. The Hall–Kier alpha value is -0.840. The van der Waals surface area contributed by atoms with Crippen molar-refractivity contribution in [2.24, 2.45) is 12.8 Å². The van der Waals surface area contributed by atoms with Gasteiger partial charge in [0, 0.05) is 12.1 Å². The Bertz CT molecular complexity index is 531. The molecule has 90 valence electrons. The molecule has 0 saturated heterocycles. The summed E-state index contributed by atoms with van der Waals surface area (Å²) >= 11 is 9.56. The maximum Gasteiger partial charge on any atom is 0.0735 e. The Balaban J connectivity index is 2.43. The van der Waals surface area contributed by atoms with Gasteiger partial charge in [0.15, 0.2) is 0 Å². The van der Waals surface area contributed by atoms with Crippen LogP contribution in [-0.2, 0) is 7.05 Å². The lowest BCUT2D eigenvalue weighted by atomic mass is 10.0. The number of rotatable bonds is 2. The van der Waals surface area contributed by atoms with E-state index in [9.17, 15) is 0 Å². The molecule has 1 heterocycles. The summed E-state index contributed by atoms with van der Waals surface area (Å²) in [6, 6.07) is 5.63. The highest BCUT2D eigenvalue weighted by molar-refractivity contribution is 9.10. The largest absolute Gasteiger partial charge is 0.319 e. The van der Waals surface area contributed by atoms with Crippen LogP contribution in [0.4, 0.5) is 0 Å². The van der Waals surface area contributed by atoms with Crippen LogP contribution in [0.2, 0.25) is 5.02 Å². The second-order valence-electron chi connectivity index (χ2n) is 3.99. The Morgan fingerprint density at radius 1 is 1.47 bits per heavy atom. The molecule has 2 rings (SSSR count). The van der Waals surface area contributed by atoms with Crippen LogP contribution in [0.1, 0.15) is 22.9 Å². The van der Waals surface area contributed by atoms with Gasteiger partial charge in [0.25, 0.3) is 0 Å².